The van der Waals surface area contributed by atoms with Crippen LogP contribution in [0.15, 0.2) is 85.1 Å². The number of aliphatic hydroxyl groups is 1. The van der Waals surface area contributed by atoms with Gasteiger partial charge in [0.25, 0.3) is 7.82 Å². The zero-order valence-corrected chi connectivity index (χ0v) is 49.9. The summed E-state index contributed by atoms with van der Waals surface area (Å²) in [5, 5.41) is 13.9. The predicted octanol–water partition coefficient (Wildman–Crippen LogP) is 18.6. The lowest BCUT2D eigenvalue weighted by Crippen LogP contribution is -2.45. The van der Waals surface area contributed by atoms with Crippen molar-refractivity contribution in [1.29, 1.82) is 0 Å². The van der Waals surface area contributed by atoms with Gasteiger partial charge in [0.2, 0.25) is 5.91 Å². The number of nitrogens with one attached hydrogen (secondary N) is 1. The summed E-state index contributed by atoms with van der Waals surface area (Å²) >= 11 is 0. The van der Waals surface area contributed by atoms with Crippen molar-refractivity contribution in [3.05, 3.63) is 85.1 Å². The number of unbranched alkanes of at least 4 members (excludes halogenated alkanes) is 31. The Balaban J connectivity index is 4.07. The fraction of sp³-hybridized carbons (Fsp3) is 0.769. The highest BCUT2D eigenvalue weighted by atomic mass is 31.2. The van der Waals surface area contributed by atoms with Crippen LogP contribution in [0.4, 0.5) is 0 Å². The van der Waals surface area contributed by atoms with Crippen molar-refractivity contribution in [2.45, 2.75) is 283 Å². The normalized spacial score (nSPS) is 14.4. The van der Waals surface area contributed by atoms with Gasteiger partial charge in [-0.3, -0.25) is 9.36 Å². The van der Waals surface area contributed by atoms with E-state index < -0.39 is 20.0 Å². The highest BCUT2D eigenvalue weighted by Gasteiger charge is 2.23. The van der Waals surface area contributed by atoms with Gasteiger partial charge in [-0.05, 0) is 70.6 Å². The SMILES string of the molecule is CC/C=C\C/C=C\C/C=C\C/C=C\C/C=C\C/C=C\CCCCCCCCCCCCCCCCCCC(=O)NC(COP(=O)([O-])OCC[N+](C)(C)C)C(O)/C=C/CCCCCCCCCCCCCCCCC. The second-order valence-electron chi connectivity index (χ2n) is 22.0. The third-order valence-corrected chi connectivity index (χ3v) is 14.6. The van der Waals surface area contributed by atoms with Gasteiger partial charge in [0.1, 0.15) is 13.2 Å². The fourth-order valence-corrected chi connectivity index (χ4v) is 9.53. The molecule has 430 valence electrons. The van der Waals surface area contributed by atoms with Crippen LogP contribution in [-0.2, 0) is 18.4 Å². The van der Waals surface area contributed by atoms with E-state index in [0.717, 1.165) is 77.0 Å². The fourth-order valence-electron chi connectivity index (χ4n) is 8.81. The summed E-state index contributed by atoms with van der Waals surface area (Å²) < 4.78 is 23.4. The van der Waals surface area contributed by atoms with Gasteiger partial charge in [-0.15, -0.1) is 0 Å². The number of rotatable bonds is 56. The van der Waals surface area contributed by atoms with Crippen molar-refractivity contribution in [2.24, 2.45) is 0 Å². The van der Waals surface area contributed by atoms with E-state index >= 15 is 0 Å². The average molecular weight is 1060 g/mol. The first-order chi connectivity index (χ1) is 36.0. The van der Waals surface area contributed by atoms with Crippen LogP contribution < -0.4 is 10.2 Å². The van der Waals surface area contributed by atoms with Crippen molar-refractivity contribution in [1.82, 2.24) is 5.32 Å². The Kier molecular flexibility index (Phi) is 53.7. The van der Waals surface area contributed by atoms with Crippen LogP contribution in [0, 0.1) is 0 Å². The molecule has 74 heavy (non-hydrogen) atoms. The van der Waals surface area contributed by atoms with E-state index in [1.54, 1.807) is 6.08 Å². The molecular weight excluding hydrogens is 936 g/mol. The molecule has 0 aliphatic heterocycles. The van der Waals surface area contributed by atoms with Crippen molar-refractivity contribution in [3.8, 4) is 0 Å². The van der Waals surface area contributed by atoms with Crippen LogP contribution >= 0.6 is 7.82 Å². The molecule has 0 aromatic carbocycles. The number of hydrogen-bond acceptors (Lipinski definition) is 6. The molecule has 0 aliphatic carbocycles. The largest absolute Gasteiger partial charge is 0.756 e. The van der Waals surface area contributed by atoms with Gasteiger partial charge in [-0.2, -0.15) is 0 Å². The summed E-state index contributed by atoms with van der Waals surface area (Å²) in [6.45, 7) is 4.55. The maximum Gasteiger partial charge on any atom is 0.268 e. The van der Waals surface area contributed by atoms with Gasteiger partial charge < -0.3 is 28.8 Å². The standard InChI is InChI=1S/C65H119N2O6P/c1-6-8-10-12-14-16-18-20-22-24-25-26-27-28-29-30-31-32-33-34-35-36-37-38-39-40-41-43-45-47-49-51-53-55-57-59-65(69)66-63(62-73-74(70,71)72-61-60-67(3,4)5)64(68)58-56-54-52-50-48-46-44-42-23-21-19-17-15-13-11-9-7-2/h8,10,14,16,20,22,25-26,28-29,31-32,56,58,63-64,68H,6-7,9,11-13,15,17-19,21,23-24,27,30,33-55,57,59-62H2,1-5H3,(H-,66,69,70,71)/b10-8-,16-14-,22-20-,26-25-,29-28-,32-31-,58-56+. The van der Waals surface area contributed by atoms with E-state index in [1.807, 2.05) is 27.2 Å². The Hall–Kier alpha value is -2.32. The van der Waals surface area contributed by atoms with E-state index in [2.05, 4.69) is 92.1 Å². The maximum atomic E-state index is 13.0. The third-order valence-electron chi connectivity index (χ3n) is 13.6. The molecule has 9 heteroatoms. The first kappa shape index (κ1) is 71.7. The summed E-state index contributed by atoms with van der Waals surface area (Å²) in [5.41, 5.74) is 0. The minimum Gasteiger partial charge on any atom is -0.756 e. The quantitative estimate of drug-likeness (QED) is 0.0272. The molecule has 8 nitrogen and oxygen atoms in total. The number of carbonyl (C=O) groups is 1. The van der Waals surface area contributed by atoms with E-state index in [4.69, 9.17) is 9.05 Å². The molecule has 0 aromatic heterocycles. The lowest BCUT2D eigenvalue weighted by atomic mass is 10.0. The molecule has 0 saturated carbocycles. The number of carbonyl (C=O) groups excluding carboxylic acids is 1. The topological polar surface area (TPSA) is 108 Å². The molecule has 0 bridgehead atoms. The van der Waals surface area contributed by atoms with Gasteiger partial charge >= 0.3 is 0 Å². The maximum absolute atomic E-state index is 13.0. The molecule has 0 fully saturated rings. The molecule has 3 atom stereocenters. The predicted molar refractivity (Wildman–Crippen MR) is 320 cm³/mol. The Morgan fingerprint density at radius 1 is 0.486 bits per heavy atom. The highest BCUT2D eigenvalue weighted by molar-refractivity contribution is 7.45. The van der Waals surface area contributed by atoms with Crippen LogP contribution in [0.25, 0.3) is 0 Å². The third kappa shape index (κ3) is 57.4. The van der Waals surface area contributed by atoms with Crippen LogP contribution in [-0.4, -0.2) is 68.5 Å². The molecule has 0 saturated heterocycles. The average Bonchev–Trinajstić information content (AvgIpc) is 3.36. The molecule has 0 aliphatic rings. The molecule has 2 N–H and O–H groups in total. The molecule has 1 amide bonds. The number of phosphoric ester groups is 1. The number of hydrogen-bond donors (Lipinski definition) is 2. The van der Waals surface area contributed by atoms with Gasteiger partial charge in [-0.1, -0.05) is 279 Å². The van der Waals surface area contributed by atoms with Crippen LogP contribution in [0.3, 0.4) is 0 Å². The second-order valence-corrected chi connectivity index (χ2v) is 23.4. The lowest BCUT2D eigenvalue weighted by Gasteiger charge is -2.29. The molecule has 0 radical (unpaired) electrons. The summed E-state index contributed by atoms with van der Waals surface area (Å²) in [6, 6.07) is -0.890. The van der Waals surface area contributed by atoms with Gasteiger partial charge in [-0.25, -0.2) is 0 Å². The Morgan fingerprint density at radius 2 is 0.824 bits per heavy atom. The molecule has 0 heterocycles. The van der Waals surface area contributed by atoms with Crippen molar-refractivity contribution < 1.29 is 32.9 Å². The summed E-state index contributed by atoms with van der Waals surface area (Å²) in [7, 11) is 1.26. The first-order valence-electron chi connectivity index (χ1n) is 30.9. The minimum absolute atomic E-state index is 0.00249. The molecule has 0 rings (SSSR count). The van der Waals surface area contributed by atoms with Crippen LogP contribution in [0.1, 0.15) is 271 Å². The Morgan fingerprint density at radius 3 is 1.20 bits per heavy atom. The molecule has 0 aromatic rings. The van der Waals surface area contributed by atoms with E-state index in [1.165, 1.54) is 173 Å². The first-order valence-corrected chi connectivity index (χ1v) is 32.4. The van der Waals surface area contributed by atoms with Crippen molar-refractivity contribution in [2.75, 3.05) is 40.9 Å². The number of likely N-dealkylation sites (N-methyl/N-ethyl adjacent to an activating group) is 1. The Bertz CT molecular complexity index is 1480. The molecule has 0 spiro atoms. The number of allylic oxidation sites excluding steroid dienone is 13. The second kappa shape index (κ2) is 55.4. The highest BCUT2D eigenvalue weighted by Crippen LogP contribution is 2.38. The van der Waals surface area contributed by atoms with E-state index in [0.29, 0.717) is 17.4 Å². The number of phosphoric acid groups is 1. The Labute approximate surface area is 458 Å². The van der Waals surface area contributed by atoms with Crippen LogP contribution in [0.5, 0.6) is 0 Å². The number of nitrogens with zero attached hydrogens (tertiary/aromatic N) is 1. The van der Waals surface area contributed by atoms with E-state index in [9.17, 15) is 19.4 Å². The zero-order valence-electron chi connectivity index (χ0n) is 49.0. The molecule has 3 unspecified atom stereocenters. The van der Waals surface area contributed by atoms with Crippen molar-refractivity contribution in [3.63, 3.8) is 0 Å². The smallest absolute Gasteiger partial charge is 0.268 e. The van der Waals surface area contributed by atoms with E-state index in [-0.39, 0.29) is 19.1 Å². The molecular formula is C65H119N2O6P. The monoisotopic (exact) mass is 1050 g/mol. The minimum atomic E-state index is -4.60. The number of quaternary nitrogens is 1. The number of amides is 1. The summed E-state index contributed by atoms with van der Waals surface area (Å²) in [4.78, 5) is 25.5. The zero-order chi connectivity index (χ0) is 54.2. The summed E-state index contributed by atoms with van der Waals surface area (Å²) in [6.07, 6.45) is 78.1. The number of aliphatic hydroxyl groups excluding tert-OH is 1. The lowest BCUT2D eigenvalue weighted by molar-refractivity contribution is -0.870. The van der Waals surface area contributed by atoms with Gasteiger partial charge in [0.05, 0.1) is 39.9 Å². The van der Waals surface area contributed by atoms with Crippen LogP contribution in [0.2, 0.25) is 0 Å². The van der Waals surface area contributed by atoms with Crippen molar-refractivity contribution >= 4 is 13.7 Å². The van der Waals surface area contributed by atoms with Gasteiger partial charge in [0.15, 0.2) is 0 Å². The van der Waals surface area contributed by atoms with Gasteiger partial charge in [0, 0.05) is 6.42 Å². The summed E-state index contributed by atoms with van der Waals surface area (Å²) in [5.74, 6) is -0.197.